The number of piperidine rings is 1. The van der Waals surface area contributed by atoms with Crippen molar-refractivity contribution in [2.24, 2.45) is 11.3 Å². The number of aliphatic hydroxyl groups is 1. The van der Waals surface area contributed by atoms with Crippen molar-refractivity contribution >= 4 is 0 Å². The predicted molar refractivity (Wildman–Crippen MR) is 119 cm³/mol. The van der Waals surface area contributed by atoms with Crippen molar-refractivity contribution in [2.45, 2.75) is 81.1 Å². The lowest BCUT2D eigenvalue weighted by atomic mass is 9.32. The summed E-state index contributed by atoms with van der Waals surface area (Å²) in [6.45, 7) is 7.29. The fourth-order valence-corrected chi connectivity index (χ4v) is 9.06. The van der Waals surface area contributed by atoms with Crippen LogP contribution in [0, 0.1) is 11.3 Å². The minimum atomic E-state index is -0.875. The van der Waals surface area contributed by atoms with Crippen LogP contribution in [0.1, 0.15) is 57.6 Å². The van der Waals surface area contributed by atoms with Gasteiger partial charge < -0.3 is 24.6 Å². The predicted octanol–water partition coefficient (Wildman–Crippen LogP) is 3.55. The quantitative estimate of drug-likeness (QED) is 0.723. The van der Waals surface area contributed by atoms with E-state index in [1.165, 1.54) is 11.1 Å². The molecule has 0 aromatic heterocycles. The number of likely N-dealkylation sites (tertiary alicyclic amines) is 1. The fourth-order valence-electron chi connectivity index (χ4n) is 9.06. The van der Waals surface area contributed by atoms with Crippen LogP contribution < -0.4 is 4.74 Å². The topological polar surface area (TPSA) is 62.2 Å². The molecule has 1 saturated carbocycles. The number of hydrogen-bond acceptors (Lipinski definition) is 5. The number of rotatable bonds is 4. The lowest BCUT2D eigenvalue weighted by Crippen LogP contribution is -2.85. The molecular formula is C26H35NO4. The second kappa shape index (κ2) is 5.67. The summed E-state index contributed by atoms with van der Waals surface area (Å²) in [5.41, 5.74) is -0.290. The van der Waals surface area contributed by atoms with E-state index in [0.29, 0.717) is 11.8 Å². The summed E-state index contributed by atoms with van der Waals surface area (Å²) in [7, 11) is 4.01. The summed E-state index contributed by atoms with van der Waals surface area (Å²) in [6.07, 6.45) is 9.04. The number of aromatic hydroxyl groups is 1. The van der Waals surface area contributed by atoms with E-state index in [-0.39, 0.29) is 22.5 Å². The number of phenolic OH excluding ortho intramolecular Hbond substituents is 1. The molecule has 0 unspecified atom stereocenters. The van der Waals surface area contributed by atoms with Gasteiger partial charge in [-0.05, 0) is 64.8 Å². The van der Waals surface area contributed by atoms with Gasteiger partial charge in [0.2, 0.25) is 0 Å². The molecule has 7 rings (SSSR count). The molecule has 1 saturated heterocycles. The van der Waals surface area contributed by atoms with Crippen molar-refractivity contribution in [1.29, 1.82) is 0 Å². The molecule has 5 heteroatoms. The van der Waals surface area contributed by atoms with Gasteiger partial charge in [0.05, 0.1) is 11.0 Å². The molecular weight excluding hydrogens is 390 g/mol. The summed E-state index contributed by atoms with van der Waals surface area (Å²) in [6, 6.07) is 4.22. The second-order valence-electron chi connectivity index (χ2n) is 11.2. The molecule has 2 aliphatic heterocycles. The highest BCUT2D eigenvalue weighted by Crippen LogP contribution is 2.79. The SMILES string of the molecule is CCC[C@](C)(O)[C@H]1C[C@@]23C=C[C@@]1(OC)[C@@]1(C)Oc4c(O)ccc5c4[C@@]12CCN(C)[C@H]3C5. The van der Waals surface area contributed by atoms with Crippen LogP contribution in [0.5, 0.6) is 11.5 Å². The van der Waals surface area contributed by atoms with E-state index in [4.69, 9.17) is 9.47 Å². The molecule has 2 spiro atoms. The number of nitrogens with zero attached hydrogens (tertiary/aromatic N) is 1. The summed E-state index contributed by atoms with van der Waals surface area (Å²) in [4.78, 5) is 2.51. The summed E-state index contributed by atoms with van der Waals surface area (Å²) >= 11 is 0. The minimum absolute atomic E-state index is 0.0971. The van der Waals surface area contributed by atoms with Crippen molar-refractivity contribution in [1.82, 2.24) is 4.90 Å². The molecule has 4 aliphatic carbocycles. The van der Waals surface area contributed by atoms with Gasteiger partial charge in [0.15, 0.2) is 11.5 Å². The van der Waals surface area contributed by atoms with Crippen LogP contribution in [0.15, 0.2) is 24.3 Å². The third kappa shape index (κ3) is 1.82. The van der Waals surface area contributed by atoms with Crippen LogP contribution >= 0.6 is 0 Å². The van der Waals surface area contributed by atoms with Crippen molar-refractivity contribution in [3.63, 3.8) is 0 Å². The zero-order valence-corrected chi connectivity index (χ0v) is 19.4. The lowest BCUT2D eigenvalue weighted by molar-refractivity contribution is -0.286. The first kappa shape index (κ1) is 20.1. The van der Waals surface area contributed by atoms with Gasteiger partial charge in [0, 0.05) is 30.0 Å². The molecule has 1 aromatic rings. The number of ether oxygens (including phenoxy) is 2. The average molecular weight is 426 g/mol. The Morgan fingerprint density at radius 3 is 2.81 bits per heavy atom. The van der Waals surface area contributed by atoms with Crippen molar-refractivity contribution in [3.8, 4) is 11.5 Å². The third-order valence-corrected chi connectivity index (χ3v) is 10.2. The first-order valence-electron chi connectivity index (χ1n) is 11.9. The third-order valence-electron chi connectivity index (χ3n) is 10.2. The number of phenols is 1. The van der Waals surface area contributed by atoms with Crippen LogP contribution in [0.3, 0.4) is 0 Å². The van der Waals surface area contributed by atoms with Gasteiger partial charge in [-0.2, -0.15) is 0 Å². The Hall–Kier alpha value is -1.56. The highest BCUT2D eigenvalue weighted by atomic mass is 16.6. The normalized spacial score (nSPS) is 45.9. The molecule has 0 amide bonds. The molecule has 31 heavy (non-hydrogen) atoms. The second-order valence-corrected chi connectivity index (χ2v) is 11.2. The van der Waals surface area contributed by atoms with Gasteiger partial charge in [-0.15, -0.1) is 0 Å². The Morgan fingerprint density at radius 1 is 1.32 bits per heavy atom. The molecule has 168 valence electrons. The van der Waals surface area contributed by atoms with E-state index >= 15 is 0 Å². The van der Waals surface area contributed by atoms with Crippen molar-refractivity contribution in [3.05, 3.63) is 35.4 Å². The van der Waals surface area contributed by atoms with Crippen LogP contribution in [0.25, 0.3) is 0 Å². The van der Waals surface area contributed by atoms with E-state index in [1.807, 2.05) is 6.92 Å². The Balaban J connectivity index is 1.71. The number of methoxy groups -OCH3 is 1. The highest BCUT2D eigenvalue weighted by Gasteiger charge is 2.85. The monoisotopic (exact) mass is 425 g/mol. The van der Waals surface area contributed by atoms with Crippen LogP contribution in [0.4, 0.5) is 0 Å². The number of benzene rings is 1. The van der Waals surface area contributed by atoms with Crippen LogP contribution in [0.2, 0.25) is 0 Å². The van der Waals surface area contributed by atoms with Crippen LogP contribution in [-0.4, -0.2) is 58.7 Å². The Kier molecular flexibility index (Phi) is 3.67. The van der Waals surface area contributed by atoms with Gasteiger partial charge in [-0.25, -0.2) is 0 Å². The van der Waals surface area contributed by atoms with E-state index in [9.17, 15) is 10.2 Å². The van der Waals surface area contributed by atoms with Gasteiger partial charge in [0.25, 0.3) is 0 Å². The number of hydrogen-bond donors (Lipinski definition) is 2. The molecule has 6 aliphatic rings. The van der Waals surface area contributed by atoms with E-state index < -0.39 is 16.8 Å². The smallest absolute Gasteiger partial charge is 0.166 e. The maximum atomic E-state index is 11.8. The molecule has 2 heterocycles. The van der Waals surface area contributed by atoms with Gasteiger partial charge in [0.1, 0.15) is 11.2 Å². The summed E-state index contributed by atoms with van der Waals surface area (Å²) in [5.74, 6) is 0.771. The van der Waals surface area contributed by atoms with E-state index in [2.05, 4.69) is 44.0 Å². The van der Waals surface area contributed by atoms with Gasteiger partial charge in [-0.3, -0.25) is 0 Å². The maximum Gasteiger partial charge on any atom is 0.166 e. The first-order chi connectivity index (χ1) is 14.6. The van der Waals surface area contributed by atoms with Gasteiger partial charge in [-0.1, -0.05) is 31.6 Å². The van der Waals surface area contributed by atoms with Gasteiger partial charge >= 0.3 is 0 Å². The zero-order chi connectivity index (χ0) is 22.0. The fraction of sp³-hybridized carbons (Fsp3) is 0.692. The minimum Gasteiger partial charge on any atom is -0.504 e. The molecule has 2 fully saturated rings. The lowest BCUT2D eigenvalue weighted by Gasteiger charge is -2.75. The summed E-state index contributed by atoms with van der Waals surface area (Å²) < 4.78 is 13.4. The van der Waals surface area contributed by atoms with Crippen molar-refractivity contribution in [2.75, 3.05) is 20.7 Å². The van der Waals surface area contributed by atoms with E-state index in [1.54, 1.807) is 13.2 Å². The Labute approximate surface area is 185 Å². The molecule has 7 atom stereocenters. The Morgan fingerprint density at radius 2 is 2.10 bits per heavy atom. The molecule has 4 bridgehead atoms. The highest BCUT2D eigenvalue weighted by molar-refractivity contribution is 5.67. The molecule has 1 aromatic carbocycles. The first-order valence-corrected chi connectivity index (χ1v) is 11.9. The largest absolute Gasteiger partial charge is 0.504 e. The van der Waals surface area contributed by atoms with E-state index in [0.717, 1.165) is 38.6 Å². The molecule has 0 radical (unpaired) electrons. The van der Waals surface area contributed by atoms with Crippen LogP contribution in [-0.2, 0) is 16.6 Å². The number of likely N-dealkylation sites (N-methyl/N-ethyl adjacent to an activating group) is 1. The number of fused-ring (bicyclic) bond motifs is 1. The maximum absolute atomic E-state index is 11.8. The summed E-state index contributed by atoms with van der Waals surface area (Å²) in [5, 5.41) is 22.7. The molecule has 2 N–H and O–H groups in total. The Bertz CT molecular complexity index is 1000. The average Bonchev–Trinajstić information content (AvgIpc) is 3.03. The standard InChI is InChI=1S/C26H35NO4/c1-6-9-22(2,29)18-15-24-10-11-26(18,30-5)23(3)25(24)12-13-27(4)19(24)14-16-7-8-17(28)21(31-23)20(16)25/h7-8,10-11,18-19,28-29H,6,9,12-15H2,1-5H3/t18-,19+,22+,23+,24-,25+,26+/m1/s1. The molecule has 5 nitrogen and oxygen atoms in total. The zero-order valence-electron chi connectivity index (χ0n) is 19.4. The van der Waals surface area contributed by atoms with Crippen molar-refractivity contribution < 1.29 is 19.7 Å².